The van der Waals surface area contributed by atoms with E-state index in [1.807, 2.05) is 43.9 Å². The highest BCUT2D eigenvalue weighted by atomic mass is 16.3. The molecule has 7 rings (SSSR count). The number of urea groups is 1. The fraction of sp³-hybridized carbons (Fsp3) is 0.632. The Kier molecular flexibility index (Phi) is 9.79. The summed E-state index contributed by atoms with van der Waals surface area (Å²) in [5.74, 6) is 0.666. The van der Waals surface area contributed by atoms with Crippen molar-refractivity contribution >= 4 is 23.0 Å². The van der Waals surface area contributed by atoms with Crippen LogP contribution in [0.15, 0.2) is 30.3 Å². The number of nitrogens with one attached hydrogen (secondary N) is 2. The molecule has 0 unspecified atom stereocenters. The van der Waals surface area contributed by atoms with Crippen molar-refractivity contribution in [2.45, 2.75) is 90.4 Å². The molecule has 3 amide bonds. The van der Waals surface area contributed by atoms with Crippen molar-refractivity contribution in [2.24, 2.45) is 11.3 Å². The Hall–Kier alpha value is -3.74. The lowest BCUT2D eigenvalue weighted by Gasteiger charge is -2.44. The number of fused-ring (bicyclic) bond motifs is 3. The normalized spacial score (nSPS) is 23.7. The molecule has 270 valence electrons. The van der Waals surface area contributed by atoms with Crippen LogP contribution in [-0.4, -0.2) is 127 Å². The van der Waals surface area contributed by atoms with E-state index in [1.54, 1.807) is 11.0 Å². The summed E-state index contributed by atoms with van der Waals surface area (Å²) in [6, 6.07) is 9.37. The zero-order valence-electron chi connectivity index (χ0n) is 30.1. The van der Waals surface area contributed by atoms with E-state index in [1.165, 1.54) is 11.3 Å². The van der Waals surface area contributed by atoms with E-state index < -0.39 is 17.6 Å². The van der Waals surface area contributed by atoms with E-state index in [2.05, 4.69) is 43.3 Å². The lowest BCUT2D eigenvalue weighted by Crippen LogP contribution is -2.58. The summed E-state index contributed by atoms with van der Waals surface area (Å²) in [6.07, 6.45) is 5.29. The van der Waals surface area contributed by atoms with Crippen molar-refractivity contribution in [3.8, 4) is 17.0 Å². The number of aromatic amines is 1. The maximum absolute atomic E-state index is 13.3. The number of likely N-dealkylation sites (tertiary alicyclic amines) is 3. The van der Waals surface area contributed by atoms with Gasteiger partial charge in [0.15, 0.2) is 5.65 Å². The van der Waals surface area contributed by atoms with Gasteiger partial charge < -0.3 is 35.2 Å². The van der Waals surface area contributed by atoms with E-state index in [0.29, 0.717) is 55.8 Å². The maximum Gasteiger partial charge on any atom is 0.318 e. The summed E-state index contributed by atoms with van der Waals surface area (Å²) in [4.78, 5) is 39.0. The molecule has 0 spiro atoms. The number of β-amino-alcohol motifs (C(OH)–C–C–N with tert-alkyl or cyclic N) is 1. The van der Waals surface area contributed by atoms with Gasteiger partial charge in [0.05, 0.1) is 11.8 Å². The van der Waals surface area contributed by atoms with Gasteiger partial charge in [-0.3, -0.25) is 9.69 Å². The van der Waals surface area contributed by atoms with Gasteiger partial charge in [-0.05, 0) is 87.2 Å². The molecule has 12 heteroatoms. The van der Waals surface area contributed by atoms with Gasteiger partial charge in [0.25, 0.3) is 0 Å². The summed E-state index contributed by atoms with van der Waals surface area (Å²) in [5.41, 5.74) is 4.32. The molecule has 6 heterocycles. The predicted molar refractivity (Wildman–Crippen MR) is 193 cm³/mol. The van der Waals surface area contributed by atoms with Crippen molar-refractivity contribution < 1.29 is 19.8 Å². The fourth-order valence-corrected chi connectivity index (χ4v) is 8.76. The van der Waals surface area contributed by atoms with Crippen LogP contribution >= 0.6 is 0 Å². The number of hydrogen-bond donors (Lipinski definition) is 4. The number of hydrogen-bond acceptors (Lipinski definition) is 8. The van der Waals surface area contributed by atoms with Crippen molar-refractivity contribution in [2.75, 3.05) is 52.4 Å². The van der Waals surface area contributed by atoms with Gasteiger partial charge in [-0.15, -0.1) is 10.2 Å². The minimum atomic E-state index is -0.626. The molecule has 0 bridgehead atoms. The van der Waals surface area contributed by atoms with Crippen LogP contribution < -0.4 is 5.32 Å². The maximum atomic E-state index is 13.3. The van der Waals surface area contributed by atoms with Gasteiger partial charge in [-0.2, -0.15) is 0 Å². The third-order valence-electron chi connectivity index (χ3n) is 11.7. The zero-order valence-corrected chi connectivity index (χ0v) is 30.1. The topological polar surface area (TPSA) is 141 Å². The molecule has 1 aromatic carbocycles. The molecule has 4 aliphatic rings. The molecule has 12 nitrogen and oxygen atoms in total. The van der Waals surface area contributed by atoms with Crippen LogP contribution in [0, 0.1) is 11.3 Å². The molecule has 50 heavy (non-hydrogen) atoms. The molecular formula is C38H54N8O4. The number of para-hydroxylation sites is 1. The average Bonchev–Trinajstić information content (AvgIpc) is 3.71. The zero-order chi connectivity index (χ0) is 35.2. The summed E-state index contributed by atoms with van der Waals surface area (Å²) in [5, 5.41) is 33.5. The standard InChI is InChI=1S/C38H54N8O4/c1-24-33-29-21-31(28-7-5-6-8-32(28)48)41-42-35(29)39-30(33)14-20-46(24)26-11-15-43(16-12-26)22-25-9-17-44(18-10-25)37(50)40-34(38(2,3)4)36(49)45-19-13-27(47)23-45/h5-8,21,24-27,34,47-48H,9-20,22-23H2,1-4H3,(H,39,42)(H,40,50)/t24-,27-,34-/m1/s1. The molecule has 3 aromatic rings. The monoisotopic (exact) mass is 686 g/mol. The van der Waals surface area contributed by atoms with Crippen molar-refractivity contribution in [3.05, 3.63) is 41.6 Å². The molecule has 0 aliphatic carbocycles. The second-order valence-electron chi connectivity index (χ2n) is 16.1. The van der Waals surface area contributed by atoms with Gasteiger partial charge in [-0.1, -0.05) is 32.9 Å². The number of rotatable bonds is 6. The average molecular weight is 687 g/mol. The first-order chi connectivity index (χ1) is 24.0. The molecule has 2 aromatic heterocycles. The van der Waals surface area contributed by atoms with Crippen molar-refractivity contribution in [3.63, 3.8) is 0 Å². The minimum absolute atomic E-state index is 0.103. The number of nitrogens with zero attached hydrogens (tertiary/aromatic N) is 6. The number of H-pyrrole nitrogens is 1. The highest BCUT2D eigenvalue weighted by Crippen LogP contribution is 2.39. The summed E-state index contributed by atoms with van der Waals surface area (Å²) >= 11 is 0. The largest absolute Gasteiger partial charge is 0.507 e. The first-order valence-corrected chi connectivity index (χ1v) is 18.6. The van der Waals surface area contributed by atoms with E-state index in [-0.39, 0.29) is 23.7 Å². The number of aromatic hydroxyl groups is 1. The third-order valence-corrected chi connectivity index (χ3v) is 11.7. The third kappa shape index (κ3) is 7.07. The van der Waals surface area contributed by atoms with Gasteiger partial charge in [-0.25, -0.2) is 4.79 Å². The van der Waals surface area contributed by atoms with E-state index in [4.69, 9.17) is 0 Å². The van der Waals surface area contributed by atoms with E-state index >= 15 is 0 Å². The summed E-state index contributed by atoms with van der Waals surface area (Å²) in [6.45, 7) is 14.8. The lowest BCUT2D eigenvalue weighted by molar-refractivity contribution is -0.135. The first kappa shape index (κ1) is 34.7. The number of aliphatic hydroxyl groups is 1. The number of aliphatic hydroxyl groups excluding tert-OH is 1. The van der Waals surface area contributed by atoms with E-state index in [9.17, 15) is 19.8 Å². The van der Waals surface area contributed by atoms with Crippen LogP contribution in [0.4, 0.5) is 4.79 Å². The Balaban J connectivity index is 0.904. The number of phenolic OH excluding ortho intramolecular Hbond substituents is 1. The molecule has 4 aliphatic heterocycles. The summed E-state index contributed by atoms with van der Waals surface area (Å²) < 4.78 is 0. The van der Waals surface area contributed by atoms with Gasteiger partial charge in [0.1, 0.15) is 11.8 Å². The highest BCUT2D eigenvalue weighted by molar-refractivity contribution is 5.88. The van der Waals surface area contributed by atoms with Gasteiger partial charge in [0.2, 0.25) is 5.91 Å². The summed E-state index contributed by atoms with van der Waals surface area (Å²) in [7, 11) is 0. The number of piperidine rings is 2. The first-order valence-electron chi connectivity index (χ1n) is 18.6. The highest BCUT2D eigenvalue weighted by Gasteiger charge is 2.39. The second kappa shape index (κ2) is 14.1. The number of benzene rings is 1. The number of carbonyl (C=O) groups excluding carboxylic acids is 2. The number of amides is 3. The van der Waals surface area contributed by atoms with Crippen LogP contribution in [0.5, 0.6) is 5.75 Å². The Labute approximate surface area is 295 Å². The van der Waals surface area contributed by atoms with Gasteiger partial charge >= 0.3 is 6.03 Å². The van der Waals surface area contributed by atoms with Gasteiger partial charge in [0, 0.05) is 74.4 Å². The second-order valence-corrected chi connectivity index (χ2v) is 16.1. The quantitative estimate of drug-likeness (QED) is 0.303. The Bertz CT molecular complexity index is 1690. The van der Waals surface area contributed by atoms with Crippen LogP contribution in [0.3, 0.4) is 0 Å². The predicted octanol–water partition coefficient (Wildman–Crippen LogP) is 4.14. The molecular weight excluding hydrogens is 632 g/mol. The van der Waals surface area contributed by atoms with Crippen LogP contribution in [0.1, 0.15) is 77.1 Å². The Morgan fingerprint density at radius 1 is 0.980 bits per heavy atom. The smallest absolute Gasteiger partial charge is 0.318 e. The Morgan fingerprint density at radius 3 is 2.38 bits per heavy atom. The van der Waals surface area contributed by atoms with Crippen molar-refractivity contribution in [1.82, 2.24) is 40.1 Å². The molecule has 0 radical (unpaired) electrons. The van der Waals surface area contributed by atoms with Crippen molar-refractivity contribution in [1.29, 1.82) is 0 Å². The fourth-order valence-electron chi connectivity index (χ4n) is 8.76. The number of carbonyl (C=O) groups is 2. The minimum Gasteiger partial charge on any atom is -0.507 e. The SMILES string of the molecule is C[C@@H]1c2c([nH]c3nnc(-c4ccccc4O)cc23)CCN1C1CCN(CC2CCN(C(=O)N[C@H](C(=O)N3CC[C@@H](O)C3)C(C)(C)C)CC2)CC1. The number of aromatic nitrogens is 3. The van der Waals surface area contributed by atoms with Crippen LogP contribution in [-0.2, 0) is 11.2 Å². The molecule has 3 saturated heterocycles. The number of phenols is 1. The molecule has 4 N–H and O–H groups in total. The molecule has 3 fully saturated rings. The Morgan fingerprint density at radius 2 is 1.70 bits per heavy atom. The van der Waals surface area contributed by atoms with Crippen LogP contribution in [0.2, 0.25) is 0 Å². The van der Waals surface area contributed by atoms with E-state index in [0.717, 1.165) is 69.3 Å². The lowest BCUT2D eigenvalue weighted by atomic mass is 9.85. The molecule has 0 saturated carbocycles. The molecule has 3 atom stereocenters. The van der Waals surface area contributed by atoms with Crippen LogP contribution in [0.25, 0.3) is 22.3 Å².